The van der Waals surface area contributed by atoms with Gasteiger partial charge in [0.05, 0.1) is 17.9 Å². The smallest absolute Gasteiger partial charge is 0.311 e. The molecule has 1 aliphatic heterocycles. The van der Waals surface area contributed by atoms with E-state index in [1.165, 1.54) is 5.57 Å². The Hall–Kier alpha value is -1.40. The zero-order valence-corrected chi connectivity index (χ0v) is 25.4. The molecule has 0 unspecified atom stereocenters. The van der Waals surface area contributed by atoms with E-state index < -0.39 is 13.7 Å². The number of carbonyl (C=O) groups is 2. The molecule has 3 aliphatic rings. The molecule has 0 radical (unpaired) electrons. The van der Waals surface area contributed by atoms with Crippen LogP contribution in [0.15, 0.2) is 23.8 Å². The van der Waals surface area contributed by atoms with E-state index >= 15 is 0 Å². The molecule has 0 saturated carbocycles. The Bertz CT molecular complexity index is 875. The molecule has 0 aromatic heterocycles. The van der Waals surface area contributed by atoms with Crippen LogP contribution < -0.4 is 0 Å². The van der Waals surface area contributed by atoms with Gasteiger partial charge in [0, 0.05) is 12.3 Å². The van der Waals surface area contributed by atoms with Gasteiger partial charge in [0.15, 0.2) is 8.32 Å². The van der Waals surface area contributed by atoms with Crippen LogP contribution >= 0.6 is 0 Å². The number of cyclic esters (lactones) is 1. The lowest BCUT2D eigenvalue weighted by Crippen LogP contribution is -2.47. The third-order valence-corrected chi connectivity index (χ3v) is 13.3. The summed E-state index contributed by atoms with van der Waals surface area (Å²) in [4.78, 5) is 25.3. The van der Waals surface area contributed by atoms with Gasteiger partial charge in [0.2, 0.25) is 0 Å². The summed E-state index contributed by atoms with van der Waals surface area (Å²) in [5.74, 6) is 0.998. The highest BCUT2D eigenvalue weighted by atomic mass is 28.4. The van der Waals surface area contributed by atoms with Gasteiger partial charge in [0.25, 0.3) is 0 Å². The Morgan fingerprint density at radius 1 is 1.08 bits per heavy atom. The minimum atomic E-state index is -1.96. The van der Waals surface area contributed by atoms with Crippen molar-refractivity contribution in [3.8, 4) is 0 Å². The quantitative estimate of drug-likeness (QED) is 0.274. The second kappa shape index (κ2) is 10.8. The van der Waals surface area contributed by atoms with Crippen molar-refractivity contribution < 1.29 is 23.5 Å². The van der Waals surface area contributed by atoms with E-state index in [-0.39, 0.29) is 41.2 Å². The van der Waals surface area contributed by atoms with Gasteiger partial charge in [-0.05, 0) is 81.5 Å². The summed E-state index contributed by atoms with van der Waals surface area (Å²) in [5, 5.41) is 0.105. The third kappa shape index (κ3) is 6.92. The van der Waals surface area contributed by atoms with Gasteiger partial charge in [-0.15, -0.1) is 0 Å². The Morgan fingerprint density at radius 3 is 2.36 bits per heavy atom. The van der Waals surface area contributed by atoms with Crippen LogP contribution in [-0.4, -0.2) is 38.6 Å². The molecule has 0 aromatic carbocycles. The Morgan fingerprint density at radius 2 is 1.75 bits per heavy atom. The van der Waals surface area contributed by atoms with Gasteiger partial charge in [0.1, 0.15) is 12.2 Å². The van der Waals surface area contributed by atoms with Crippen molar-refractivity contribution >= 4 is 20.3 Å². The third-order valence-electron chi connectivity index (χ3n) is 8.77. The molecule has 0 amide bonds. The fourth-order valence-corrected chi connectivity index (χ4v) is 6.99. The lowest BCUT2D eigenvalue weighted by Gasteiger charge is -2.44. The summed E-state index contributed by atoms with van der Waals surface area (Å²) in [7, 11) is -1.96. The topological polar surface area (TPSA) is 61.8 Å². The highest BCUT2D eigenvalue weighted by Gasteiger charge is 2.44. The van der Waals surface area contributed by atoms with Gasteiger partial charge < -0.3 is 13.9 Å². The van der Waals surface area contributed by atoms with Crippen LogP contribution in [0.5, 0.6) is 0 Å². The predicted octanol–water partition coefficient (Wildman–Crippen LogP) is 7.23. The number of allylic oxidation sites excluding steroid dienone is 3. The average Bonchev–Trinajstić information content (AvgIpc) is 2.71. The van der Waals surface area contributed by atoms with Crippen LogP contribution in [0.3, 0.4) is 0 Å². The summed E-state index contributed by atoms with van der Waals surface area (Å²) < 4.78 is 18.6. The molecule has 0 spiro atoms. The first-order chi connectivity index (χ1) is 16.5. The lowest BCUT2D eigenvalue weighted by atomic mass is 9.65. The van der Waals surface area contributed by atoms with Crippen molar-refractivity contribution in [1.29, 1.82) is 0 Å². The predicted molar refractivity (Wildman–Crippen MR) is 147 cm³/mol. The van der Waals surface area contributed by atoms with Gasteiger partial charge >= 0.3 is 11.9 Å². The van der Waals surface area contributed by atoms with E-state index in [1.54, 1.807) is 0 Å². The summed E-state index contributed by atoms with van der Waals surface area (Å²) in [6.45, 7) is 21.4. The first-order valence-corrected chi connectivity index (χ1v) is 16.9. The van der Waals surface area contributed by atoms with Crippen molar-refractivity contribution in [2.75, 3.05) is 0 Å². The van der Waals surface area contributed by atoms with Crippen LogP contribution in [0, 0.1) is 29.1 Å². The van der Waals surface area contributed by atoms with Crippen molar-refractivity contribution in [2.24, 2.45) is 29.1 Å². The first kappa shape index (κ1) is 29.2. The molecular formula is C30H50O5Si. The van der Waals surface area contributed by atoms with E-state index in [0.29, 0.717) is 24.2 Å². The van der Waals surface area contributed by atoms with Gasteiger partial charge in [-0.25, -0.2) is 0 Å². The summed E-state index contributed by atoms with van der Waals surface area (Å²) >= 11 is 0. The Balaban J connectivity index is 1.72. The summed E-state index contributed by atoms with van der Waals surface area (Å²) in [6.07, 6.45) is 10.3. The highest BCUT2D eigenvalue weighted by molar-refractivity contribution is 6.74. The molecule has 6 heteroatoms. The fraction of sp³-hybridized carbons (Fsp3) is 0.800. The van der Waals surface area contributed by atoms with Crippen LogP contribution in [0.1, 0.15) is 87.5 Å². The summed E-state index contributed by atoms with van der Waals surface area (Å²) in [6, 6.07) is 0. The van der Waals surface area contributed by atoms with Gasteiger partial charge in [-0.1, -0.05) is 52.8 Å². The largest absolute Gasteiger partial charge is 0.462 e. The minimum Gasteiger partial charge on any atom is -0.462 e. The number of fused-ring (bicyclic) bond motifs is 1. The minimum absolute atomic E-state index is 0.0627. The standard InChI is InChI=1S/C30H50O5Si/c1-19-15-21-12-11-20(2)24(27(21)25(16-19)34-28(32)29(3,4)5)14-13-22-17-23(18-26(31)33-22)35-36(9,10)30(6,7)8/h11-12,15,19-20,22-25,27H,13-14,16-18H2,1-10H3/t19-,20-,22+,23+,24-,25-,27-/m0/s1. The fourth-order valence-electron chi connectivity index (χ4n) is 5.62. The van der Waals surface area contributed by atoms with E-state index in [1.807, 2.05) is 20.8 Å². The second-order valence-electron chi connectivity index (χ2n) is 14.1. The number of hydrogen-bond acceptors (Lipinski definition) is 5. The van der Waals surface area contributed by atoms with Gasteiger partial charge in [-0.3, -0.25) is 9.59 Å². The summed E-state index contributed by atoms with van der Waals surface area (Å²) in [5.41, 5.74) is 0.773. The van der Waals surface area contributed by atoms with E-state index in [4.69, 9.17) is 13.9 Å². The highest BCUT2D eigenvalue weighted by Crippen LogP contribution is 2.46. The van der Waals surface area contributed by atoms with Crippen molar-refractivity contribution in [2.45, 2.75) is 124 Å². The number of rotatable bonds is 6. The van der Waals surface area contributed by atoms with Crippen LogP contribution in [-0.2, 0) is 23.5 Å². The van der Waals surface area contributed by atoms with E-state index in [2.05, 4.69) is 65.9 Å². The lowest BCUT2D eigenvalue weighted by molar-refractivity contribution is -0.164. The number of carbonyl (C=O) groups excluding carboxylic acids is 2. The van der Waals surface area contributed by atoms with Crippen LogP contribution in [0.2, 0.25) is 18.1 Å². The zero-order chi connectivity index (χ0) is 27.1. The molecule has 1 saturated heterocycles. The monoisotopic (exact) mass is 518 g/mol. The molecule has 5 nitrogen and oxygen atoms in total. The van der Waals surface area contributed by atoms with Crippen molar-refractivity contribution in [1.82, 2.24) is 0 Å². The average molecular weight is 519 g/mol. The molecule has 36 heavy (non-hydrogen) atoms. The molecule has 1 heterocycles. The van der Waals surface area contributed by atoms with Crippen LogP contribution in [0.25, 0.3) is 0 Å². The second-order valence-corrected chi connectivity index (χ2v) is 18.9. The maximum Gasteiger partial charge on any atom is 0.311 e. The Kier molecular flexibility index (Phi) is 8.72. The zero-order valence-electron chi connectivity index (χ0n) is 24.4. The molecule has 3 rings (SSSR count). The normalized spacial score (nSPS) is 33.4. The molecular weight excluding hydrogens is 468 g/mol. The number of hydrogen-bond donors (Lipinski definition) is 0. The molecule has 7 atom stereocenters. The molecule has 1 fully saturated rings. The SMILES string of the molecule is C[C@H]1C=C2C=C[C@H](C)[C@H](CC[C@@H]3C[C@@H](O[Si](C)(C)C(C)(C)C)CC(=O)O3)[C@H]2[C@@H](OC(=O)C(C)(C)C)C1. The van der Waals surface area contributed by atoms with E-state index in [9.17, 15) is 9.59 Å². The Labute approximate surface area is 220 Å². The molecule has 0 N–H and O–H groups in total. The maximum atomic E-state index is 12.8. The maximum absolute atomic E-state index is 12.8. The first-order valence-electron chi connectivity index (χ1n) is 14.0. The molecule has 204 valence electrons. The molecule has 0 bridgehead atoms. The van der Waals surface area contributed by atoms with Gasteiger partial charge in [-0.2, -0.15) is 0 Å². The molecule has 0 aromatic rings. The van der Waals surface area contributed by atoms with Crippen molar-refractivity contribution in [3.05, 3.63) is 23.8 Å². The molecule has 2 aliphatic carbocycles. The van der Waals surface area contributed by atoms with Crippen LogP contribution in [0.4, 0.5) is 0 Å². The van der Waals surface area contributed by atoms with Crippen molar-refractivity contribution in [3.63, 3.8) is 0 Å². The number of ether oxygens (including phenoxy) is 2. The van der Waals surface area contributed by atoms with E-state index in [0.717, 1.165) is 25.7 Å². The number of esters is 2.